The molecule has 2 bridgehead atoms. The van der Waals surface area contributed by atoms with Gasteiger partial charge in [0.15, 0.2) is 5.76 Å². The number of carbonyl (C=O) groups is 1. The molecule has 3 saturated heterocycles. The van der Waals surface area contributed by atoms with Gasteiger partial charge in [0.2, 0.25) is 0 Å². The molecule has 4 heterocycles. The minimum Gasteiger partial charge on any atom is -0.451 e. The second-order valence-electron chi connectivity index (χ2n) is 7.81. The van der Waals surface area contributed by atoms with Gasteiger partial charge >= 0.3 is 0 Å². The Hall–Kier alpha value is -2.50. The third-order valence-corrected chi connectivity index (χ3v) is 6.87. The number of furan rings is 1. The number of piperidine rings is 3. The topological polar surface area (TPSA) is 45.5 Å². The van der Waals surface area contributed by atoms with Crippen LogP contribution >= 0.6 is 11.8 Å². The highest BCUT2D eigenvalue weighted by Gasteiger charge is 2.34. The van der Waals surface area contributed by atoms with E-state index in [1.165, 1.54) is 17.7 Å². The largest absolute Gasteiger partial charge is 0.451 e. The summed E-state index contributed by atoms with van der Waals surface area (Å²) >= 11 is 1.71. The monoisotopic (exact) mass is 404 g/mol. The summed E-state index contributed by atoms with van der Waals surface area (Å²) in [6, 6.07) is 22.2. The van der Waals surface area contributed by atoms with Crippen LogP contribution < -0.4 is 5.32 Å². The van der Waals surface area contributed by atoms with Crippen molar-refractivity contribution >= 4 is 17.7 Å². The molecule has 1 N–H and O–H groups in total. The van der Waals surface area contributed by atoms with Crippen LogP contribution in [0.2, 0.25) is 0 Å². The van der Waals surface area contributed by atoms with E-state index in [0.29, 0.717) is 5.76 Å². The predicted molar refractivity (Wildman–Crippen MR) is 115 cm³/mol. The van der Waals surface area contributed by atoms with Gasteiger partial charge in [0.05, 0.1) is 6.17 Å². The number of hydrogen-bond acceptors (Lipinski definition) is 4. The van der Waals surface area contributed by atoms with Crippen molar-refractivity contribution in [2.75, 3.05) is 13.1 Å². The fourth-order valence-electron chi connectivity index (χ4n) is 4.29. The zero-order valence-corrected chi connectivity index (χ0v) is 17.0. The smallest absolute Gasteiger partial charge is 0.288 e. The van der Waals surface area contributed by atoms with Gasteiger partial charge in [-0.3, -0.25) is 9.69 Å². The number of benzene rings is 2. The van der Waals surface area contributed by atoms with E-state index in [-0.39, 0.29) is 12.1 Å². The summed E-state index contributed by atoms with van der Waals surface area (Å²) in [6.07, 6.45) is 3.72. The first-order valence-corrected chi connectivity index (χ1v) is 11.0. The Bertz CT molecular complexity index is 993. The lowest BCUT2D eigenvalue weighted by molar-refractivity contribution is 0.0286. The minimum atomic E-state index is -0.122. The number of amides is 1. The summed E-state index contributed by atoms with van der Waals surface area (Å²) in [7, 11) is 0. The third-order valence-electron chi connectivity index (χ3n) is 5.87. The molecule has 6 rings (SSSR count). The molecule has 0 aliphatic carbocycles. The number of fused-ring (bicyclic) bond motifs is 3. The van der Waals surface area contributed by atoms with Gasteiger partial charge in [-0.2, -0.15) is 0 Å². The van der Waals surface area contributed by atoms with Crippen LogP contribution in [0.25, 0.3) is 11.3 Å². The molecule has 3 aliphatic rings. The Morgan fingerprint density at radius 3 is 2.52 bits per heavy atom. The third kappa shape index (κ3) is 4.11. The Labute approximate surface area is 175 Å². The van der Waals surface area contributed by atoms with Crippen LogP contribution in [0, 0.1) is 5.92 Å². The number of rotatable bonds is 5. The first-order valence-electron chi connectivity index (χ1n) is 10.2. The van der Waals surface area contributed by atoms with Crippen LogP contribution in [-0.2, 0) is 0 Å². The number of hydrogen-bond donors (Lipinski definition) is 1. The highest BCUT2D eigenvalue weighted by atomic mass is 32.2. The summed E-state index contributed by atoms with van der Waals surface area (Å²) in [5, 5.41) is 3.16. The van der Waals surface area contributed by atoms with Crippen molar-refractivity contribution in [2.45, 2.75) is 35.2 Å². The Kier molecular flexibility index (Phi) is 5.17. The van der Waals surface area contributed by atoms with E-state index in [2.05, 4.69) is 34.5 Å². The predicted octanol–water partition coefficient (Wildman–Crippen LogP) is 5.27. The second kappa shape index (κ2) is 8.09. The fourth-order valence-corrected chi connectivity index (χ4v) is 5.19. The summed E-state index contributed by atoms with van der Waals surface area (Å²) in [5.74, 6) is 1.73. The zero-order valence-electron chi connectivity index (χ0n) is 16.2. The molecule has 0 saturated carbocycles. The summed E-state index contributed by atoms with van der Waals surface area (Å²) < 4.78 is 5.92. The maximum atomic E-state index is 12.7. The number of carbonyl (C=O) groups excluding carboxylic acids is 1. The van der Waals surface area contributed by atoms with Crippen LogP contribution in [0.15, 0.2) is 80.9 Å². The Morgan fingerprint density at radius 1 is 0.966 bits per heavy atom. The van der Waals surface area contributed by atoms with E-state index in [1.54, 1.807) is 17.8 Å². The van der Waals surface area contributed by atoms with E-state index in [9.17, 15) is 4.79 Å². The normalized spacial score (nSPS) is 23.1. The summed E-state index contributed by atoms with van der Waals surface area (Å²) in [6.45, 7) is 2.18. The van der Waals surface area contributed by atoms with Crippen molar-refractivity contribution in [3.8, 4) is 11.3 Å². The van der Waals surface area contributed by atoms with Crippen LogP contribution in [0.3, 0.4) is 0 Å². The lowest BCUT2D eigenvalue weighted by atomic mass is 9.86. The molecule has 29 heavy (non-hydrogen) atoms. The maximum Gasteiger partial charge on any atom is 0.288 e. The van der Waals surface area contributed by atoms with Gasteiger partial charge in [-0.1, -0.05) is 42.1 Å². The SMILES string of the molecule is O=C(NC1CC2CCN1CC2)c1ccc(-c2cccc(Sc3ccccc3)c2)o1. The fraction of sp³-hybridized carbons (Fsp3) is 0.292. The van der Waals surface area contributed by atoms with E-state index in [0.717, 1.165) is 41.6 Å². The number of nitrogens with zero attached hydrogens (tertiary/aromatic N) is 1. The van der Waals surface area contributed by atoms with Gasteiger partial charge in [-0.15, -0.1) is 0 Å². The van der Waals surface area contributed by atoms with Crippen molar-refractivity contribution in [3.05, 3.63) is 72.5 Å². The molecular formula is C24H24N2O2S. The molecule has 3 aromatic rings. The molecule has 1 amide bonds. The lowest BCUT2D eigenvalue weighted by Crippen LogP contribution is -2.56. The van der Waals surface area contributed by atoms with Gasteiger partial charge in [-0.25, -0.2) is 0 Å². The van der Waals surface area contributed by atoms with Gasteiger partial charge in [-0.05, 0) is 61.6 Å². The van der Waals surface area contributed by atoms with Gasteiger partial charge < -0.3 is 9.73 Å². The Balaban J connectivity index is 1.28. The standard InChI is InChI=1S/C24H24N2O2S/c27-24(25-23-15-17-11-13-26(23)14-12-17)22-10-9-21(28-22)18-5-4-8-20(16-18)29-19-6-2-1-3-7-19/h1-10,16-17,23H,11-15H2,(H,25,27). The highest BCUT2D eigenvalue weighted by Crippen LogP contribution is 2.32. The molecule has 3 aliphatic heterocycles. The van der Waals surface area contributed by atoms with Crippen LogP contribution in [0.4, 0.5) is 0 Å². The molecule has 5 heteroatoms. The van der Waals surface area contributed by atoms with E-state index in [4.69, 9.17) is 4.42 Å². The van der Waals surface area contributed by atoms with Gasteiger partial charge in [0.1, 0.15) is 5.76 Å². The second-order valence-corrected chi connectivity index (χ2v) is 8.96. The minimum absolute atomic E-state index is 0.122. The average molecular weight is 405 g/mol. The van der Waals surface area contributed by atoms with Crippen molar-refractivity contribution < 1.29 is 9.21 Å². The van der Waals surface area contributed by atoms with E-state index in [1.807, 2.05) is 36.4 Å². The maximum absolute atomic E-state index is 12.7. The molecule has 0 spiro atoms. The van der Waals surface area contributed by atoms with Crippen LogP contribution in [0.1, 0.15) is 29.8 Å². The molecular weight excluding hydrogens is 380 g/mol. The quantitative estimate of drug-likeness (QED) is 0.629. The zero-order chi connectivity index (χ0) is 19.6. The van der Waals surface area contributed by atoms with Gasteiger partial charge in [0.25, 0.3) is 5.91 Å². The molecule has 148 valence electrons. The molecule has 1 aromatic heterocycles. The molecule has 4 nitrogen and oxygen atoms in total. The average Bonchev–Trinajstić information content (AvgIpc) is 3.26. The lowest BCUT2D eigenvalue weighted by Gasteiger charge is -2.45. The summed E-state index contributed by atoms with van der Waals surface area (Å²) in [5.41, 5.74) is 0.977. The van der Waals surface area contributed by atoms with Crippen molar-refractivity contribution in [1.82, 2.24) is 10.2 Å². The molecule has 0 radical (unpaired) electrons. The molecule has 1 unspecified atom stereocenters. The van der Waals surface area contributed by atoms with Crippen molar-refractivity contribution in [3.63, 3.8) is 0 Å². The van der Waals surface area contributed by atoms with Crippen LogP contribution in [-0.4, -0.2) is 30.1 Å². The van der Waals surface area contributed by atoms with Crippen molar-refractivity contribution in [1.29, 1.82) is 0 Å². The molecule has 2 aromatic carbocycles. The molecule has 1 atom stereocenters. The Morgan fingerprint density at radius 2 is 1.76 bits per heavy atom. The van der Waals surface area contributed by atoms with Gasteiger partial charge in [0, 0.05) is 28.4 Å². The van der Waals surface area contributed by atoms with Crippen LogP contribution in [0.5, 0.6) is 0 Å². The van der Waals surface area contributed by atoms with E-state index < -0.39 is 0 Å². The molecule has 3 fully saturated rings. The van der Waals surface area contributed by atoms with E-state index >= 15 is 0 Å². The number of nitrogens with one attached hydrogen (secondary N) is 1. The first-order chi connectivity index (χ1) is 14.2. The summed E-state index contributed by atoms with van der Waals surface area (Å²) in [4.78, 5) is 17.4. The highest BCUT2D eigenvalue weighted by molar-refractivity contribution is 7.99. The first kappa shape index (κ1) is 18.5. The van der Waals surface area contributed by atoms with Crippen molar-refractivity contribution in [2.24, 2.45) is 5.92 Å².